The van der Waals surface area contributed by atoms with E-state index in [4.69, 9.17) is 9.84 Å². The highest BCUT2D eigenvalue weighted by Crippen LogP contribution is 2.21. The zero-order chi connectivity index (χ0) is 22.9. The minimum atomic E-state index is -1.99. The van der Waals surface area contributed by atoms with Crippen LogP contribution in [0.2, 0.25) is 0 Å². The number of thiol groups is 1. The van der Waals surface area contributed by atoms with E-state index in [1.807, 2.05) is 12.1 Å². The number of anilines is 1. The summed E-state index contributed by atoms with van der Waals surface area (Å²) in [5.74, 6) is -2.86. The maximum Gasteiger partial charge on any atom is 0.350 e. The van der Waals surface area contributed by atoms with Crippen LogP contribution in [-0.2, 0) is 20.8 Å². The number of nitrogens with one attached hydrogen (secondary N) is 2. The number of benzene rings is 2. The zero-order valence-electron chi connectivity index (χ0n) is 17.1. The van der Waals surface area contributed by atoms with E-state index in [0.29, 0.717) is 17.9 Å². The second kappa shape index (κ2) is 11.3. The molecular formula is C22H26N2O6S. The topological polar surface area (TPSA) is 125 Å². The van der Waals surface area contributed by atoms with E-state index in [2.05, 4.69) is 23.3 Å². The number of hydrogen-bond donors (Lipinski definition) is 5. The molecule has 0 spiro atoms. The molecule has 0 bridgehead atoms. The second-order valence-electron chi connectivity index (χ2n) is 7.02. The first-order valence-corrected chi connectivity index (χ1v) is 10.3. The molecule has 166 valence electrons. The molecule has 0 heterocycles. The number of carboxylic acids is 2. The summed E-state index contributed by atoms with van der Waals surface area (Å²) in [5, 5.41) is 24.4. The molecule has 8 nitrogen and oxygen atoms in total. The van der Waals surface area contributed by atoms with E-state index in [-0.39, 0.29) is 12.2 Å². The Morgan fingerprint density at radius 3 is 2.23 bits per heavy atom. The lowest BCUT2D eigenvalue weighted by atomic mass is 9.97. The third-order valence-electron chi connectivity index (χ3n) is 4.78. The number of amides is 1. The Balaban J connectivity index is 2.25. The lowest BCUT2D eigenvalue weighted by molar-refractivity contribution is -0.148. The number of carbonyl (C=O) groups excluding carboxylic acids is 1. The average molecular weight is 447 g/mol. The van der Waals surface area contributed by atoms with Crippen molar-refractivity contribution >= 4 is 36.2 Å². The van der Waals surface area contributed by atoms with Gasteiger partial charge in [-0.1, -0.05) is 30.3 Å². The van der Waals surface area contributed by atoms with Crippen LogP contribution in [-0.4, -0.2) is 46.6 Å². The first kappa shape index (κ1) is 24.1. The summed E-state index contributed by atoms with van der Waals surface area (Å²) in [4.78, 5) is 36.4. The van der Waals surface area contributed by atoms with Crippen molar-refractivity contribution in [2.45, 2.75) is 24.9 Å². The van der Waals surface area contributed by atoms with Gasteiger partial charge in [0.1, 0.15) is 5.75 Å². The Hall–Kier alpha value is -3.20. The number of ether oxygens (including phenoxy) is 1. The lowest BCUT2D eigenvalue weighted by Gasteiger charge is -2.33. The van der Waals surface area contributed by atoms with Crippen molar-refractivity contribution in [2.75, 3.05) is 18.2 Å². The van der Waals surface area contributed by atoms with Gasteiger partial charge in [0.2, 0.25) is 11.6 Å². The molecule has 4 N–H and O–H groups in total. The van der Waals surface area contributed by atoms with Crippen molar-refractivity contribution in [3.8, 4) is 5.75 Å². The summed E-state index contributed by atoms with van der Waals surface area (Å²) in [6.45, 7) is 0. The Kier molecular flexibility index (Phi) is 8.75. The monoisotopic (exact) mass is 446 g/mol. The summed E-state index contributed by atoms with van der Waals surface area (Å²) >= 11 is 4.26. The smallest absolute Gasteiger partial charge is 0.350 e. The van der Waals surface area contributed by atoms with Gasteiger partial charge in [0.15, 0.2) is 0 Å². The number of carbonyl (C=O) groups is 3. The predicted molar refractivity (Wildman–Crippen MR) is 119 cm³/mol. The Morgan fingerprint density at radius 2 is 1.71 bits per heavy atom. The Morgan fingerprint density at radius 1 is 1.06 bits per heavy atom. The minimum absolute atomic E-state index is 0.178. The van der Waals surface area contributed by atoms with Crippen molar-refractivity contribution in [1.82, 2.24) is 5.32 Å². The van der Waals surface area contributed by atoms with E-state index in [0.717, 1.165) is 5.56 Å². The molecule has 0 aliphatic rings. The Bertz CT molecular complexity index is 891. The van der Waals surface area contributed by atoms with Crippen LogP contribution in [0.4, 0.5) is 5.69 Å². The third kappa shape index (κ3) is 6.92. The Labute approximate surface area is 186 Å². The van der Waals surface area contributed by atoms with Crippen LogP contribution in [0.15, 0.2) is 54.6 Å². The molecular weight excluding hydrogens is 420 g/mol. The number of para-hydroxylation sites is 1. The van der Waals surface area contributed by atoms with Crippen molar-refractivity contribution in [3.05, 3.63) is 60.2 Å². The van der Waals surface area contributed by atoms with E-state index in [1.54, 1.807) is 49.6 Å². The highest BCUT2D eigenvalue weighted by atomic mass is 32.1. The maximum absolute atomic E-state index is 13.0. The molecule has 2 atom stereocenters. The molecule has 1 amide bonds. The number of aliphatic carboxylic acids is 2. The summed E-state index contributed by atoms with van der Waals surface area (Å²) < 4.78 is 5.13. The quantitative estimate of drug-likeness (QED) is 0.251. The molecule has 0 aliphatic heterocycles. The van der Waals surface area contributed by atoms with E-state index >= 15 is 0 Å². The van der Waals surface area contributed by atoms with Crippen LogP contribution in [0.1, 0.15) is 18.4 Å². The van der Waals surface area contributed by atoms with Gasteiger partial charge in [-0.3, -0.25) is 9.59 Å². The van der Waals surface area contributed by atoms with Crippen molar-refractivity contribution in [1.29, 1.82) is 0 Å². The number of carboxylic acid groups (broad SMARTS) is 2. The molecule has 1 unspecified atom stereocenters. The molecule has 0 aromatic heterocycles. The van der Waals surface area contributed by atoms with E-state index < -0.39 is 35.8 Å². The van der Waals surface area contributed by atoms with Crippen LogP contribution in [0.3, 0.4) is 0 Å². The molecule has 0 saturated heterocycles. The van der Waals surface area contributed by atoms with Crippen LogP contribution in [0.5, 0.6) is 5.75 Å². The van der Waals surface area contributed by atoms with Gasteiger partial charge in [-0.05, 0) is 36.2 Å². The van der Waals surface area contributed by atoms with Crippen LogP contribution in [0, 0.1) is 5.92 Å². The van der Waals surface area contributed by atoms with Gasteiger partial charge in [-0.25, -0.2) is 4.79 Å². The molecule has 0 fully saturated rings. The normalized spacial score (nSPS) is 13.5. The minimum Gasteiger partial charge on any atom is -0.497 e. The summed E-state index contributed by atoms with van der Waals surface area (Å²) in [6, 6.07) is 15.6. The molecule has 9 heteroatoms. The van der Waals surface area contributed by atoms with Gasteiger partial charge in [-0.15, -0.1) is 0 Å². The zero-order valence-corrected chi connectivity index (χ0v) is 18.0. The summed E-state index contributed by atoms with van der Waals surface area (Å²) in [6.07, 6.45) is -0.462. The molecule has 0 radical (unpaired) electrons. The van der Waals surface area contributed by atoms with Crippen molar-refractivity contribution < 1.29 is 29.3 Å². The van der Waals surface area contributed by atoms with Crippen LogP contribution < -0.4 is 15.4 Å². The molecule has 2 aromatic rings. The average Bonchev–Trinajstić information content (AvgIpc) is 2.76. The first-order chi connectivity index (χ1) is 14.8. The van der Waals surface area contributed by atoms with Gasteiger partial charge >= 0.3 is 11.9 Å². The van der Waals surface area contributed by atoms with Gasteiger partial charge < -0.3 is 25.6 Å². The van der Waals surface area contributed by atoms with Crippen molar-refractivity contribution in [3.63, 3.8) is 0 Å². The van der Waals surface area contributed by atoms with E-state index in [9.17, 15) is 19.5 Å². The van der Waals surface area contributed by atoms with Gasteiger partial charge in [-0.2, -0.15) is 12.6 Å². The first-order valence-electron chi connectivity index (χ1n) is 9.64. The number of methoxy groups -OCH3 is 1. The highest BCUT2D eigenvalue weighted by molar-refractivity contribution is 7.80. The van der Waals surface area contributed by atoms with Gasteiger partial charge in [0.05, 0.1) is 13.0 Å². The van der Waals surface area contributed by atoms with Crippen LogP contribution >= 0.6 is 12.6 Å². The lowest BCUT2D eigenvalue weighted by Crippen LogP contribution is -2.61. The molecule has 2 aromatic carbocycles. The molecule has 0 aliphatic carbocycles. The predicted octanol–water partition coefficient (Wildman–Crippen LogP) is 2.66. The number of hydrogen-bond acceptors (Lipinski definition) is 6. The van der Waals surface area contributed by atoms with Gasteiger partial charge in [0, 0.05) is 24.3 Å². The molecule has 2 rings (SSSR count). The maximum atomic E-state index is 13.0. The fraction of sp³-hybridized carbons (Fsp3) is 0.318. The molecule has 31 heavy (non-hydrogen) atoms. The van der Waals surface area contributed by atoms with E-state index in [1.165, 1.54) is 0 Å². The fourth-order valence-corrected chi connectivity index (χ4v) is 3.33. The highest BCUT2D eigenvalue weighted by Gasteiger charge is 2.41. The van der Waals surface area contributed by atoms with Crippen LogP contribution in [0.25, 0.3) is 0 Å². The third-order valence-corrected chi connectivity index (χ3v) is 5.22. The number of rotatable bonds is 12. The van der Waals surface area contributed by atoms with Gasteiger partial charge in [0.25, 0.3) is 0 Å². The molecule has 0 saturated carbocycles. The largest absolute Gasteiger partial charge is 0.497 e. The summed E-state index contributed by atoms with van der Waals surface area (Å²) in [5.41, 5.74) is -0.691. The second-order valence-corrected chi connectivity index (χ2v) is 7.38. The summed E-state index contributed by atoms with van der Waals surface area (Å²) in [7, 11) is 1.56. The van der Waals surface area contributed by atoms with Crippen molar-refractivity contribution in [2.24, 2.45) is 5.92 Å². The SMILES string of the molecule is COc1ccc(CC(CS)C(=O)N[C@](CCC(=O)O)(Nc2ccccc2)C(=O)O)cc1. The fourth-order valence-electron chi connectivity index (χ4n) is 3.03. The standard InChI is InChI=1S/C22H26N2O6S/c1-30-18-9-7-15(8-10-18)13-16(14-31)20(27)24-22(21(28)29,12-11-19(25)26)23-17-5-3-2-4-6-17/h2-10,16,23,31H,11-14H2,1H3,(H,24,27)(H,25,26)(H,28,29)/t16?,22-/m0/s1.